The highest BCUT2D eigenvalue weighted by Crippen LogP contribution is 2.07. The summed E-state index contributed by atoms with van der Waals surface area (Å²) in [5.74, 6) is 0.335. The molecule has 0 bridgehead atoms. The minimum absolute atomic E-state index is 0.321. The second kappa shape index (κ2) is 7.31. The third-order valence-electron chi connectivity index (χ3n) is 2.02. The van der Waals surface area contributed by atoms with E-state index < -0.39 is 0 Å². The molecule has 0 aromatic carbocycles. The van der Waals surface area contributed by atoms with Gasteiger partial charge in [-0.2, -0.15) is 0 Å². The van der Waals surface area contributed by atoms with Crippen LogP contribution in [-0.2, 0) is 4.43 Å². The van der Waals surface area contributed by atoms with E-state index in [1.807, 2.05) is 12.2 Å². The molecule has 0 aliphatic rings. The van der Waals surface area contributed by atoms with Crippen molar-refractivity contribution in [1.29, 1.82) is 0 Å². The van der Waals surface area contributed by atoms with Crippen molar-refractivity contribution in [2.45, 2.75) is 25.8 Å². The standard InChI is InChI=1S/C10H20OSi/c1-5-9(4)12-11-8-10(6-2)7-3/h6-7,9-10H,2-3,5,8,12H2,1,4H3. The lowest BCUT2D eigenvalue weighted by Gasteiger charge is -2.11. The summed E-state index contributed by atoms with van der Waals surface area (Å²) in [6, 6.07) is 0. The fourth-order valence-electron chi connectivity index (χ4n) is 0.755. The summed E-state index contributed by atoms with van der Waals surface area (Å²) in [4.78, 5) is 0. The highest BCUT2D eigenvalue weighted by Gasteiger charge is 2.02. The smallest absolute Gasteiger partial charge is 0.164 e. The van der Waals surface area contributed by atoms with E-state index in [0.717, 1.165) is 12.1 Å². The second-order valence-corrected chi connectivity index (χ2v) is 5.32. The van der Waals surface area contributed by atoms with Gasteiger partial charge in [0.2, 0.25) is 0 Å². The third kappa shape index (κ3) is 5.33. The minimum atomic E-state index is -0.321. The van der Waals surface area contributed by atoms with Crippen LogP contribution in [0.15, 0.2) is 25.3 Å². The summed E-state index contributed by atoms with van der Waals surface area (Å²) in [5.41, 5.74) is 0.792. The summed E-state index contributed by atoms with van der Waals surface area (Å²) in [5, 5.41) is 0. The summed E-state index contributed by atoms with van der Waals surface area (Å²) in [7, 11) is -0.321. The van der Waals surface area contributed by atoms with Crippen LogP contribution in [0, 0.1) is 5.92 Å². The van der Waals surface area contributed by atoms with E-state index in [-0.39, 0.29) is 9.76 Å². The Kier molecular flexibility index (Phi) is 7.10. The van der Waals surface area contributed by atoms with Crippen molar-refractivity contribution in [1.82, 2.24) is 0 Å². The first-order chi connectivity index (χ1) is 5.74. The molecule has 0 saturated heterocycles. The lowest BCUT2D eigenvalue weighted by Crippen LogP contribution is -2.10. The van der Waals surface area contributed by atoms with Gasteiger partial charge in [0, 0.05) is 12.5 Å². The summed E-state index contributed by atoms with van der Waals surface area (Å²) < 4.78 is 5.63. The molecule has 1 atom stereocenters. The van der Waals surface area contributed by atoms with Crippen molar-refractivity contribution >= 4 is 9.76 Å². The lowest BCUT2D eigenvalue weighted by molar-refractivity contribution is 0.307. The molecule has 0 saturated carbocycles. The van der Waals surface area contributed by atoms with Crippen LogP contribution in [0.1, 0.15) is 20.3 Å². The van der Waals surface area contributed by atoms with E-state index in [9.17, 15) is 0 Å². The lowest BCUT2D eigenvalue weighted by atomic mass is 10.2. The Bertz CT molecular complexity index is 126. The molecule has 70 valence electrons. The molecular formula is C10H20OSi. The molecule has 1 nitrogen and oxygen atoms in total. The van der Waals surface area contributed by atoms with Gasteiger partial charge in [0.05, 0.1) is 0 Å². The summed E-state index contributed by atoms with van der Waals surface area (Å²) in [6.45, 7) is 12.7. The maximum atomic E-state index is 5.63. The molecule has 0 aromatic rings. The van der Waals surface area contributed by atoms with Gasteiger partial charge in [0.1, 0.15) is 0 Å². The van der Waals surface area contributed by atoms with Gasteiger partial charge < -0.3 is 4.43 Å². The van der Waals surface area contributed by atoms with E-state index in [1.165, 1.54) is 6.42 Å². The molecule has 1 unspecified atom stereocenters. The molecule has 0 N–H and O–H groups in total. The van der Waals surface area contributed by atoms with Crippen molar-refractivity contribution in [3.05, 3.63) is 25.3 Å². The summed E-state index contributed by atoms with van der Waals surface area (Å²) in [6.07, 6.45) is 5.01. The fourth-order valence-corrected chi connectivity index (χ4v) is 1.80. The number of hydrogen-bond acceptors (Lipinski definition) is 1. The van der Waals surface area contributed by atoms with Crippen LogP contribution in [0.25, 0.3) is 0 Å². The first-order valence-corrected chi connectivity index (χ1v) is 5.96. The Morgan fingerprint density at radius 3 is 2.42 bits per heavy atom. The third-order valence-corrected chi connectivity index (χ3v) is 3.63. The first kappa shape index (κ1) is 11.7. The van der Waals surface area contributed by atoms with E-state index in [1.54, 1.807) is 0 Å². The van der Waals surface area contributed by atoms with E-state index >= 15 is 0 Å². The predicted octanol–water partition coefficient (Wildman–Crippen LogP) is 2.29. The predicted molar refractivity (Wildman–Crippen MR) is 58.1 cm³/mol. The molecule has 0 fully saturated rings. The van der Waals surface area contributed by atoms with Crippen LogP contribution < -0.4 is 0 Å². The molecule has 0 radical (unpaired) electrons. The van der Waals surface area contributed by atoms with Gasteiger partial charge in [0.15, 0.2) is 9.76 Å². The molecule has 0 rings (SSSR count). The zero-order valence-electron chi connectivity index (χ0n) is 8.25. The topological polar surface area (TPSA) is 9.23 Å². The maximum absolute atomic E-state index is 5.63. The van der Waals surface area contributed by atoms with Crippen LogP contribution in [0.3, 0.4) is 0 Å². The Balaban J connectivity index is 3.40. The highest BCUT2D eigenvalue weighted by atomic mass is 28.2. The summed E-state index contributed by atoms with van der Waals surface area (Å²) >= 11 is 0. The van der Waals surface area contributed by atoms with Gasteiger partial charge >= 0.3 is 0 Å². The first-order valence-electron chi connectivity index (χ1n) is 4.57. The molecule has 0 aromatic heterocycles. The SMILES string of the molecule is C=CC(C=C)CO[SiH2]C(C)CC. The molecule has 0 aliphatic carbocycles. The molecule has 0 aliphatic heterocycles. The van der Waals surface area contributed by atoms with Gasteiger partial charge in [-0.25, -0.2) is 0 Å². The fraction of sp³-hybridized carbons (Fsp3) is 0.600. The Morgan fingerprint density at radius 1 is 1.42 bits per heavy atom. The van der Waals surface area contributed by atoms with Crippen LogP contribution >= 0.6 is 0 Å². The molecule has 12 heavy (non-hydrogen) atoms. The average Bonchev–Trinajstić information content (AvgIpc) is 2.12. The van der Waals surface area contributed by atoms with Crippen LogP contribution in [0.2, 0.25) is 5.54 Å². The van der Waals surface area contributed by atoms with Gasteiger partial charge in [0.25, 0.3) is 0 Å². The van der Waals surface area contributed by atoms with Crippen molar-refractivity contribution < 1.29 is 4.43 Å². The van der Waals surface area contributed by atoms with Gasteiger partial charge in [-0.3, -0.25) is 0 Å². The van der Waals surface area contributed by atoms with Gasteiger partial charge in [-0.05, 0) is 5.54 Å². The van der Waals surface area contributed by atoms with Crippen LogP contribution in [0.4, 0.5) is 0 Å². The van der Waals surface area contributed by atoms with E-state index in [2.05, 4.69) is 27.0 Å². The van der Waals surface area contributed by atoms with E-state index in [0.29, 0.717) is 5.92 Å². The molecular weight excluding hydrogens is 164 g/mol. The van der Waals surface area contributed by atoms with Crippen LogP contribution in [0.5, 0.6) is 0 Å². The largest absolute Gasteiger partial charge is 0.423 e. The van der Waals surface area contributed by atoms with Crippen molar-refractivity contribution in [2.75, 3.05) is 6.61 Å². The Hall–Kier alpha value is -0.343. The Labute approximate surface area is 78.5 Å². The van der Waals surface area contributed by atoms with Crippen molar-refractivity contribution in [3.8, 4) is 0 Å². The van der Waals surface area contributed by atoms with Gasteiger partial charge in [-0.1, -0.05) is 32.4 Å². The quantitative estimate of drug-likeness (QED) is 0.436. The molecule has 0 amide bonds. The maximum Gasteiger partial charge on any atom is 0.164 e. The zero-order valence-corrected chi connectivity index (χ0v) is 9.67. The van der Waals surface area contributed by atoms with Crippen molar-refractivity contribution in [3.63, 3.8) is 0 Å². The number of hydrogen-bond donors (Lipinski definition) is 0. The normalized spacial score (nSPS) is 13.9. The molecule has 2 heteroatoms. The number of rotatable bonds is 7. The van der Waals surface area contributed by atoms with Crippen molar-refractivity contribution in [2.24, 2.45) is 5.92 Å². The minimum Gasteiger partial charge on any atom is -0.423 e. The van der Waals surface area contributed by atoms with Gasteiger partial charge in [-0.15, -0.1) is 13.2 Å². The highest BCUT2D eigenvalue weighted by molar-refractivity contribution is 6.29. The average molecular weight is 184 g/mol. The zero-order chi connectivity index (χ0) is 9.40. The van der Waals surface area contributed by atoms with Crippen LogP contribution in [-0.4, -0.2) is 16.4 Å². The monoisotopic (exact) mass is 184 g/mol. The Morgan fingerprint density at radius 2 is 2.00 bits per heavy atom. The second-order valence-electron chi connectivity index (χ2n) is 3.19. The molecule has 0 heterocycles. The molecule has 0 spiro atoms. The van der Waals surface area contributed by atoms with E-state index in [4.69, 9.17) is 4.43 Å².